The minimum absolute atomic E-state index is 0.154. The van der Waals surface area contributed by atoms with Gasteiger partial charge in [-0.15, -0.1) is 0 Å². The molecule has 2 aromatic rings. The molecule has 3 rings (SSSR count). The van der Waals surface area contributed by atoms with Crippen LogP contribution < -0.4 is 15.5 Å². The van der Waals surface area contributed by atoms with Crippen LogP contribution in [0.25, 0.3) is 0 Å². The molecular formula is C22H33N5O. The van der Waals surface area contributed by atoms with Crippen LogP contribution in [0, 0.1) is 0 Å². The molecule has 6 nitrogen and oxygen atoms in total. The van der Waals surface area contributed by atoms with E-state index in [2.05, 4.69) is 77.6 Å². The summed E-state index contributed by atoms with van der Waals surface area (Å²) < 4.78 is 5.40. The molecule has 1 aliphatic heterocycles. The van der Waals surface area contributed by atoms with Crippen molar-refractivity contribution >= 4 is 11.6 Å². The quantitative estimate of drug-likeness (QED) is 0.554. The first-order chi connectivity index (χ1) is 13.6. The number of hydrogen-bond acceptors (Lipinski definition) is 4. The van der Waals surface area contributed by atoms with Crippen molar-refractivity contribution in [2.75, 3.05) is 24.5 Å². The van der Waals surface area contributed by atoms with E-state index in [9.17, 15) is 0 Å². The number of nitrogens with one attached hydrogen (secondary N) is 2. The van der Waals surface area contributed by atoms with Gasteiger partial charge in [0.25, 0.3) is 0 Å². The highest BCUT2D eigenvalue weighted by Crippen LogP contribution is 2.24. The minimum Gasteiger partial charge on any atom is -0.372 e. The summed E-state index contributed by atoms with van der Waals surface area (Å²) in [6.45, 7) is 12.0. The van der Waals surface area contributed by atoms with Crippen LogP contribution >= 0.6 is 0 Å². The smallest absolute Gasteiger partial charge is 0.192 e. The molecule has 0 saturated carbocycles. The van der Waals surface area contributed by atoms with E-state index in [0.29, 0.717) is 12.5 Å². The molecule has 1 aromatic heterocycles. The van der Waals surface area contributed by atoms with E-state index in [4.69, 9.17) is 4.52 Å². The zero-order valence-corrected chi connectivity index (χ0v) is 17.5. The van der Waals surface area contributed by atoms with E-state index in [1.807, 2.05) is 6.07 Å². The van der Waals surface area contributed by atoms with Crippen LogP contribution in [-0.2, 0) is 6.54 Å². The maximum atomic E-state index is 5.40. The molecule has 152 valence electrons. The van der Waals surface area contributed by atoms with Crippen LogP contribution in [0.4, 0.5) is 5.69 Å². The lowest BCUT2D eigenvalue weighted by Gasteiger charge is -2.22. The maximum Gasteiger partial charge on any atom is 0.192 e. The Morgan fingerprint density at radius 1 is 1.21 bits per heavy atom. The molecule has 6 heteroatoms. The Morgan fingerprint density at radius 2 is 2.00 bits per heavy atom. The van der Waals surface area contributed by atoms with Gasteiger partial charge in [-0.25, -0.2) is 4.99 Å². The van der Waals surface area contributed by atoms with E-state index in [-0.39, 0.29) is 6.04 Å². The second-order valence-electron chi connectivity index (χ2n) is 7.72. The number of nitrogens with zero attached hydrogens (tertiary/aromatic N) is 3. The topological polar surface area (TPSA) is 65.7 Å². The molecule has 1 aromatic carbocycles. The second kappa shape index (κ2) is 9.62. The van der Waals surface area contributed by atoms with Crippen molar-refractivity contribution in [1.82, 2.24) is 15.8 Å². The predicted molar refractivity (Wildman–Crippen MR) is 115 cm³/mol. The molecule has 0 amide bonds. The number of rotatable bonds is 7. The Bertz CT molecular complexity index is 777. The Kier molecular flexibility index (Phi) is 6.95. The van der Waals surface area contributed by atoms with Crippen molar-refractivity contribution in [3.05, 3.63) is 47.3 Å². The van der Waals surface area contributed by atoms with Gasteiger partial charge < -0.3 is 20.1 Å². The zero-order chi connectivity index (χ0) is 19.9. The zero-order valence-electron chi connectivity index (χ0n) is 17.5. The first-order valence-electron chi connectivity index (χ1n) is 10.4. The third kappa shape index (κ3) is 5.27. The predicted octanol–water partition coefficient (Wildman–Crippen LogP) is 4.21. The summed E-state index contributed by atoms with van der Waals surface area (Å²) in [5, 5.41) is 10.9. The number of aliphatic imine (C=N–C) groups is 1. The highest BCUT2D eigenvalue weighted by Gasteiger charge is 2.15. The number of hydrogen-bond donors (Lipinski definition) is 2. The van der Waals surface area contributed by atoms with Crippen molar-refractivity contribution in [2.45, 2.75) is 59.0 Å². The molecule has 0 aliphatic carbocycles. The van der Waals surface area contributed by atoms with E-state index < -0.39 is 0 Å². The summed E-state index contributed by atoms with van der Waals surface area (Å²) in [6, 6.07) is 11.0. The molecule has 1 fully saturated rings. The second-order valence-corrected chi connectivity index (χ2v) is 7.72. The normalized spacial score (nSPS) is 15.9. The molecule has 1 atom stereocenters. The SMILES string of the molecule is CCNC(=NCc1cc(C(C)C)no1)NC(C)c1cccc(N2CCCC2)c1. The number of aromatic nitrogens is 1. The number of benzene rings is 1. The van der Waals surface area contributed by atoms with Gasteiger partial charge >= 0.3 is 0 Å². The van der Waals surface area contributed by atoms with Gasteiger partial charge in [0.15, 0.2) is 11.7 Å². The van der Waals surface area contributed by atoms with Gasteiger partial charge in [0, 0.05) is 31.4 Å². The van der Waals surface area contributed by atoms with Crippen LogP contribution in [0.5, 0.6) is 0 Å². The maximum absolute atomic E-state index is 5.40. The van der Waals surface area contributed by atoms with E-state index in [1.165, 1.54) is 24.1 Å². The highest BCUT2D eigenvalue weighted by molar-refractivity contribution is 5.80. The fourth-order valence-corrected chi connectivity index (χ4v) is 3.41. The molecule has 28 heavy (non-hydrogen) atoms. The van der Waals surface area contributed by atoms with Gasteiger partial charge in [0.1, 0.15) is 6.54 Å². The monoisotopic (exact) mass is 383 g/mol. The van der Waals surface area contributed by atoms with Crippen LogP contribution in [0.15, 0.2) is 39.8 Å². The minimum atomic E-state index is 0.154. The third-order valence-corrected chi connectivity index (χ3v) is 5.10. The van der Waals surface area contributed by atoms with E-state index in [0.717, 1.165) is 37.0 Å². The summed E-state index contributed by atoms with van der Waals surface area (Å²) in [5.74, 6) is 1.92. The van der Waals surface area contributed by atoms with Crippen molar-refractivity contribution in [1.29, 1.82) is 0 Å². The molecule has 0 spiro atoms. The largest absolute Gasteiger partial charge is 0.372 e. The number of anilines is 1. The number of guanidine groups is 1. The molecule has 1 saturated heterocycles. The van der Waals surface area contributed by atoms with E-state index >= 15 is 0 Å². The Labute approximate surface area is 168 Å². The summed E-state index contributed by atoms with van der Waals surface area (Å²) >= 11 is 0. The molecule has 2 heterocycles. The summed E-state index contributed by atoms with van der Waals surface area (Å²) in [6.07, 6.45) is 2.57. The molecular weight excluding hydrogens is 350 g/mol. The highest BCUT2D eigenvalue weighted by atomic mass is 16.5. The lowest BCUT2D eigenvalue weighted by molar-refractivity contribution is 0.376. The fourth-order valence-electron chi connectivity index (χ4n) is 3.41. The average Bonchev–Trinajstić information content (AvgIpc) is 3.38. The molecule has 0 bridgehead atoms. The third-order valence-electron chi connectivity index (χ3n) is 5.10. The summed E-state index contributed by atoms with van der Waals surface area (Å²) in [7, 11) is 0. The van der Waals surface area contributed by atoms with Crippen molar-refractivity contribution in [3.63, 3.8) is 0 Å². The van der Waals surface area contributed by atoms with Gasteiger partial charge in [-0.2, -0.15) is 0 Å². The molecule has 1 aliphatic rings. The summed E-state index contributed by atoms with van der Waals surface area (Å²) in [4.78, 5) is 7.14. The van der Waals surface area contributed by atoms with Gasteiger partial charge in [-0.1, -0.05) is 31.1 Å². The Morgan fingerprint density at radius 3 is 2.68 bits per heavy atom. The van der Waals surface area contributed by atoms with Gasteiger partial charge in [0.05, 0.1) is 11.7 Å². The van der Waals surface area contributed by atoms with Crippen LogP contribution in [-0.4, -0.2) is 30.8 Å². The van der Waals surface area contributed by atoms with Crippen LogP contribution in [0.1, 0.15) is 69.5 Å². The average molecular weight is 384 g/mol. The lowest BCUT2D eigenvalue weighted by atomic mass is 10.1. The van der Waals surface area contributed by atoms with Crippen molar-refractivity contribution < 1.29 is 4.52 Å². The standard InChI is InChI=1S/C22H33N5O/c1-5-23-22(24-15-20-14-21(16(2)3)26-28-20)25-17(4)18-9-8-10-19(13-18)27-11-6-7-12-27/h8-10,13-14,16-17H,5-7,11-12,15H2,1-4H3,(H2,23,24,25). The van der Waals surface area contributed by atoms with Crippen LogP contribution in [0.3, 0.4) is 0 Å². The van der Waals surface area contributed by atoms with Crippen LogP contribution in [0.2, 0.25) is 0 Å². The molecule has 2 N–H and O–H groups in total. The van der Waals surface area contributed by atoms with Gasteiger partial charge in [-0.3, -0.25) is 0 Å². The Hall–Kier alpha value is -2.50. The summed E-state index contributed by atoms with van der Waals surface area (Å²) in [5.41, 5.74) is 3.54. The Balaban J connectivity index is 1.66. The molecule has 0 radical (unpaired) electrons. The molecule has 1 unspecified atom stereocenters. The fraction of sp³-hybridized carbons (Fsp3) is 0.545. The van der Waals surface area contributed by atoms with Gasteiger partial charge in [-0.05, 0) is 50.3 Å². The lowest BCUT2D eigenvalue weighted by Crippen LogP contribution is -2.38. The van der Waals surface area contributed by atoms with Crippen molar-refractivity contribution in [3.8, 4) is 0 Å². The first kappa shape index (κ1) is 20.2. The van der Waals surface area contributed by atoms with Gasteiger partial charge in [0.2, 0.25) is 0 Å². The first-order valence-corrected chi connectivity index (χ1v) is 10.4. The van der Waals surface area contributed by atoms with E-state index in [1.54, 1.807) is 0 Å². The van der Waals surface area contributed by atoms with Crippen molar-refractivity contribution in [2.24, 2.45) is 4.99 Å².